The van der Waals surface area contributed by atoms with Gasteiger partial charge in [-0.25, -0.2) is 4.39 Å². The van der Waals surface area contributed by atoms with Crippen LogP contribution in [0.15, 0.2) is 42.5 Å². The zero-order valence-corrected chi connectivity index (χ0v) is 24.8. The number of rotatable bonds is 13. The van der Waals surface area contributed by atoms with E-state index in [2.05, 4.69) is 16.9 Å². The van der Waals surface area contributed by atoms with Gasteiger partial charge in [-0.2, -0.15) is 30.7 Å². The predicted octanol–water partition coefficient (Wildman–Crippen LogP) is 10.6. The molecule has 0 saturated heterocycles. The van der Waals surface area contributed by atoms with E-state index in [0.717, 1.165) is 31.4 Å². The summed E-state index contributed by atoms with van der Waals surface area (Å²) in [5.74, 6) is -3.50. The van der Waals surface area contributed by atoms with Crippen molar-refractivity contribution in [2.45, 2.75) is 108 Å². The molecule has 0 unspecified atom stereocenters. The van der Waals surface area contributed by atoms with E-state index in [-0.39, 0.29) is 31.7 Å². The van der Waals surface area contributed by atoms with Gasteiger partial charge in [-0.05, 0) is 107 Å². The Hall–Kier alpha value is -2.56. The monoisotopic (exact) mass is 636 g/mol. The SMILES string of the molecule is CCOc1ccc(CCCCC2CCC(C(F)(F)OC3CCC(C(F)(F)Oc4ccc(C(F)(F)F)c(F)c4)CC3)CC2)cc1. The van der Waals surface area contributed by atoms with Gasteiger partial charge < -0.3 is 14.2 Å². The van der Waals surface area contributed by atoms with Gasteiger partial charge in [0.1, 0.15) is 17.3 Å². The summed E-state index contributed by atoms with van der Waals surface area (Å²) in [6.45, 7) is 2.57. The first-order valence-electron chi connectivity index (χ1n) is 15.5. The van der Waals surface area contributed by atoms with Gasteiger partial charge in [0.05, 0.1) is 30.1 Å². The van der Waals surface area contributed by atoms with E-state index in [1.165, 1.54) is 5.56 Å². The maximum atomic E-state index is 15.0. The lowest BCUT2D eigenvalue weighted by molar-refractivity contribution is -0.306. The molecule has 2 fully saturated rings. The molecule has 2 aromatic rings. The largest absolute Gasteiger partial charge is 0.494 e. The van der Waals surface area contributed by atoms with Crippen LogP contribution in [0.25, 0.3) is 0 Å². The van der Waals surface area contributed by atoms with Gasteiger partial charge in [-0.15, -0.1) is 0 Å². The summed E-state index contributed by atoms with van der Waals surface area (Å²) in [6, 6.07) is 9.30. The van der Waals surface area contributed by atoms with Crippen LogP contribution in [0.4, 0.5) is 35.1 Å². The summed E-state index contributed by atoms with van der Waals surface area (Å²) in [5.41, 5.74) is -0.343. The van der Waals surface area contributed by atoms with Crippen LogP contribution in [0.1, 0.15) is 88.7 Å². The highest BCUT2D eigenvalue weighted by Crippen LogP contribution is 2.45. The minimum atomic E-state index is -4.97. The number of benzene rings is 2. The number of hydrogen-bond donors (Lipinski definition) is 0. The quantitative estimate of drug-likeness (QED) is 0.162. The second kappa shape index (κ2) is 14.7. The Morgan fingerprint density at radius 2 is 1.30 bits per heavy atom. The number of ether oxygens (including phenoxy) is 3. The summed E-state index contributed by atoms with van der Waals surface area (Å²) in [6.07, 6.45) is -7.35. The molecule has 0 amide bonds. The van der Waals surface area contributed by atoms with Crippen LogP contribution in [0.2, 0.25) is 0 Å². The standard InChI is InChI=1S/C33H40F8O3/c1-2-42-26-15-9-23(10-16-26)6-4-3-5-22-7-11-24(12-8-22)32(38,39)43-27-17-13-25(14-18-27)33(40,41)44-28-19-20-29(30(34)21-28)31(35,36)37/h9-10,15-16,19-22,24-25,27H,2-8,11-14,17-18H2,1H3. The van der Waals surface area contributed by atoms with E-state index in [1.807, 2.05) is 19.1 Å². The Labute approximate surface area is 253 Å². The van der Waals surface area contributed by atoms with Gasteiger partial charge >= 0.3 is 18.4 Å². The highest BCUT2D eigenvalue weighted by molar-refractivity contribution is 5.31. The number of unbranched alkanes of at least 4 members (excludes halogenated alkanes) is 1. The molecule has 0 radical (unpaired) electrons. The van der Waals surface area contributed by atoms with Gasteiger partial charge in [0.15, 0.2) is 0 Å². The van der Waals surface area contributed by atoms with Crippen LogP contribution in [0.3, 0.4) is 0 Å². The van der Waals surface area contributed by atoms with Gasteiger partial charge in [-0.3, -0.25) is 0 Å². The van der Waals surface area contributed by atoms with Crippen molar-refractivity contribution in [3.05, 3.63) is 59.4 Å². The summed E-state index contributed by atoms with van der Waals surface area (Å²) in [4.78, 5) is 0. The van der Waals surface area contributed by atoms with Gasteiger partial charge in [0.25, 0.3) is 0 Å². The lowest BCUT2D eigenvalue weighted by Crippen LogP contribution is -2.42. The summed E-state index contributed by atoms with van der Waals surface area (Å²) in [7, 11) is 0. The summed E-state index contributed by atoms with van der Waals surface area (Å²) in [5, 5.41) is 0. The van der Waals surface area contributed by atoms with Crippen molar-refractivity contribution < 1.29 is 49.3 Å². The van der Waals surface area contributed by atoms with E-state index in [9.17, 15) is 26.3 Å². The minimum absolute atomic E-state index is 0.0374. The number of halogens is 8. The third-order valence-corrected chi connectivity index (χ3v) is 8.86. The molecule has 0 N–H and O–H groups in total. The maximum Gasteiger partial charge on any atom is 0.419 e. The first kappa shape index (κ1) is 34.3. The van der Waals surface area contributed by atoms with Gasteiger partial charge in [0, 0.05) is 6.07 Å². The average molecular weight is 637 g/mol. The fraction of sp³-hybridized carbons (Fsp3) is 0.636. The fourth-order valence-corrected chi connectivity index (χ4v) is 6.33. The van der Waals surface area contributed by atoms with Crippen molar-refractivity contribution in [2.24, 2.45) is 17.8 Å². The molecule has 246 valence electrons. The van der Waals surface area contributed by atoms with Crippen LogP contribution in [0.5, 0.6) is 11.5 Å². The Morgan fingerprint density at radius 3 is 1.89 bits per heavy atom. The molecule has 0 heterocycles. The Kier molecular flexibility index (Phi) is 11.5. The minimum Gasteiger partial charge on any atom is -0.494 e. The predicted molar refractivity (Wildman–Crippen MR) is 149 cm³/mol. The molecule has 3 nitrogen and oxygen atoms in total. The van der Waals surface area contributed by atoms with E-state index < -0.39 is 53.5 Å². The van der Waals surface area contributed by atoms with Crippen molar-refractivity contribution in [1.82, 2.24) is 0 Å². The van der Waals surface area contributed by atoms with Crippen LogP contribution < -0.4 is 9.47 Å². The van der Waals surface area contributed by atoms with Crippen molar-refractivity contribution in [2.75, 3.05) is 6.61 Å². The number of alkyl halides is 7. The molecule has 0 atom stereocenters. The molecule has 11 heteroatoms. The van der Waals surface area contributed by atoms with E-state index in [1.54, 1.807) is 0 Å². The molecule has 0 aromatic heterocycles. The van der Waals surface area contributed by atoms with Crippen molar-refractivity contribution in [1.29, 1.82) is 0 Å². The number of aryl methyl sites for hydroxylation is 1. The molecule has 4 rings (SSSR count). The van der Waals surface area contributed by atoms with Crippen molar-refractivity contribution >= 4 is 0 Å². The first-order chi connectivity index (χ1) is 20.8. The lowest BCUT2D eigenvalue weighted by Gasteiger charge is -2.38. The second-order valence-corrected chi connectivity index (χ2v) is 12.0. The van der Waals surface area contributed by atoms with Crippen molar-refractivity contribution in [3.8, 4) is 11.5 Å². The van der Waals surface area contributed by atoms with Crippen LogP contribution >= 0.6 is 0 Å². The molecule has 44 heavy (non-hydrogen) atoms. The number of hydrogen-bond acceptors (Lipinski definition) is 3. The molecule has 2 saturated carbocycles. The van der Waals surface area contributed by atoms with Gasteiger partial charge in [-0.1, -0.05) is 25.0 Å². The van der Waals surface area contributed by atoms with Gasteiger partial charge in [0.2, 0.25) is 0 Å². The third-order valence-electron chi connectivity index (χ3n) is 8.86. The van der Waals surface area contributed by atoms with E-state index in [0.29, 0.717) is 50.3 Å². The smallest absolute Gasteiger partial charge is 0.419 e. The van der Waals surface area contributed by atoms with Crippen LogP contribution in [0, 0.1) is 23.6 Å². The molecule has 0 spiro atoms. The molecule has 0 bridgehead atoms. The molecular weight excluding hydrogens is 596 g/mol. The van der Waals surface area contributed by atoms with Crippen LogP contribution in [-0.4, -0.2) is 24.9 Å². The normalized spacial score (nSPS) is 23.4. The Morgan fingerprint density at radius 1 is 0.705 bits per heavy atom. The van der Waals surface area contributed by atoms with E-state index >= 15 is 8.78 Å². The molecule has 2 aromatic carbocycles. The molecule has 0 aliphatic heterocycles. The first-order valence-corrected chi connectivity index (χ1v) is 15.5. The Balaban J connectivity index is 1.15. The fourth-order valence-electron chi connectivity index (χ4n) is 6.33. The summed E-state index contributed by atoms with van der Waals surface area (Å²) >= 11 is 0. The molecular formula is C33H40F8O3. The second-order valence-electron chi connectivity index (χ2n) is 12.0. The van der Waals surface area contributed by atoms with Crippen molar-refractivity contribution in [3.63, 3.8) is 0 Å². The zero-order valence-electron chi connectivity index (χ0n) is 24.8. The molecule has 2 aliphatic carbocycles. The van der Waals surface area contributed by atoms with E-state index in [4.69, 9.17) is 9.47 Å². The summed E-state index contributed by atoms with van der Waals surface area (Å²) < 4.78 is 127. The zero-order chi connectivity index (χ0) is 32.0. The highest BCUT2D eigenvalue weighted by atomic mass is 19.4. The highest BCUT2D eigenvalue weighted by Gasteiger charge is 2.48. The lowest BCUT2D eigenvalue weighted by atomic mass is 9.79. The topological polar surface area (TPSA) is 27.7 Å². The Bertz CT molecular complexity index is 1170. The molecule has 2 aliphatic rings. The third kappa shape index (κ3) is 9.47. The average Bonchev–Trinajstić information content (AvgIpc) is 2.96. The van der Waals surface area contributed by atoms with Crippen LogP contribution in [-0.2, 0) is 17.3 Å². The maximum absolute atomic E-state index is 15.0.